The molecule has 15 heavy (non-hydrogen) atoms. The second kappa shape index (κ2) is 8.08. The van der Waals surface area contributed by atoms with Gasteiger partial charge in [0.1, 0.15) is 0 Å². The van der Waals surface area contributed by atoms with E-state index in [1.54, 1.807) is 0 Å². The van der Waals surface area contributed by atoms with Crippen LogP contribution in [0, 0.1) is 11.8 Å². The predicted octanol–water partition coefficient (Wildman–Crippen LogP) is 1.31. The molecule has 1 unspecified atom stereocenters. The Morgan fingerprint density at radius 3 is 1.80 bits per heavy atom. The van der Waals surface area contributed by atoms with Crippen LogP contribution >= 0.6 is 0 Å². The Kier molecular flexibility index (Phi) is 8.02. The molecule has 3 heteroatoms. The number of hydrogen-bond acceptors (Lipinski definition) is 3. The summed E-state index contributed by atoms with van der Waals surface area (Å²) >= 11 is 0. The van der Waals surface area contributed by atoms with Crippen molar-refractivity contribution in [1.29, 1.82) is 0 Å². The number of aliphatic hydroxyl groups is 1. The number of nitrogens with two attached hydrogens (primary N) is 1. The first kappa shape index (κ1) is 14.9. The first-order valence-corrected chi connectivity index (χ1v) is 6.04. The minimum absolute atomic E-state index is 0.104. The fraction of sp³-hybridized carbons (Fsp3) is 1.00. The lowest BCUT2D eigenvalue weighted by Gasteiger charge is -2.28. The van der Waals surface area contributed by atoms with E-state index < -0.39 is 0 Å². The zero-order chi connectivity index (χ0) is 11.8. The first-order chi connectivity index (χ1) is 6.95. The Morgan fingerprint density at radius 2 is 1.47 bits per heavy atom. The maximum atomic E-state index is 8.81. The first-order valence-electron chi connectivity index (χ1n) is 6.04. The molecular formula is C12H28N2O. The van der Waals surface area contributed by atoms with Gasteiger partial charge in [0.15, 0.2) is 0 Å². The number of rotatable bonds is 8. The quantitative estimate of drug-likeness (QED) is 0.643. The summed E-state index contributed by atoms with van der Waals surface area (Å²) in [7, 11) is 0. The molecule has 0 aliphatic rings. The van der Waals surface area contributed by atoms with E-state index in [-0.39, 0.29) is 12.6 Å². The maximum Gasteiger partial charge on any atom is 0.0446 e. The summed E-state index contributed by atoms with van der Waals surface area (Å²) in [6.07, 6.45) is 0.701. The third kappa shape index (κ3) is 8.85. The van der Waals surface area contributed by atoms with E-state index in [4.69, 9.17) is 10.8 Å². The lowest BCUT2D eigenvalue weighted by Crippen LogP contribution is -2.41. The van der Waals surface area contributed by atoms with Crippen molar-refractivity contribution in [2.24, 2.45) is 17.6 Å². The molecule has 0 spiro atoms. The van der Waals surface area contributed by atoms with Gasteiger partial charge in [-0.3, -0.25) is 0 Å². The molecule has 0 aromatic heterocycles. The van der Waals surface area contributed by atoms with Crippen LogP contribution in [0.15, 0.2) is 0 Å². The fourth-order valence-corrected chi connectivity index (χ4v) is 1.85. The topological polar surface area (TPSA) is 49.5 Å². The molecule has 0 saturated carbocycles. The lowest BCUT2D eigenvalue weighted by atomic mass is 10.1. The summed E-state index contributed by atoms with van der Waals surface area (Å²) in [5.41, 5.74) is 5.93. The summed E-state index contributed by atoms with van der Waals surface area (Å²) in [6.45, 7) is 12.2. The minimum Gasteiger partial charge on any atom is -0.396 e. The summed E-state index contributed by atoms with van der Waals surface area (Å²) in [5.74, 6) is 1.34. The van der Waals surface area contributed by atoms with E-state index in [1.807, 2.05) is 0 Å². The van der Waals surface area contributed by atoms with Crippen LogP contribution in [0.3, 0.4) is 0 Å². The summed E-state index contributed by atoms with van der Waals surface area (Å²) < 4.78 is 0. The van der Waals surface area contributed by atoms with Crippen LogP contribution in [0.4, 0.5) is 0 Å². The third-order valence-corrected chi connectivity index (χ3v) is 2.24. The van der Waals surface area contributed by atoms with Gasteiger partial charge in [0.2, 0.25) is 0 Å². The Hall–Kier alpha value is -0.120. The standard InChI is InChI=1S/C12H28N2O/c1-10(2)7-14(8-11(3)4)9-12(13)5-6-15/h10-12,15H,5-9,13H2,1-4H3. The van der Waals surface area contributed by atoms with Crippen molar-refractivity contribution in [2.45, 2.75) is 40.2 Å². The second-order valence-corrected chi connectivity index (χ2v) is 5.28. The second-order valence-electron chi connectivity index (χ2n) is 5.28. The zero-order valence-electron chi connectivity index (χ0n) is 10.7. The van der Waals surface area contributed by atoms with Crippen LogP contribution in [0.1, 0.15) is 34.1 Å². The van der Waals surface area contributed by atoms with Crippen LogP contribution < -0.4 is 5.73 Å². The zero-order valence-corrected chi connectivity index (χ0v) is 10.7. The molecule has 0 rings (SSSR count). The number of hydrogen-bond donors (Lipinski definition) is 2. The Morgan fingerprint density at radius 1 is 1.00 bits per heavy atom. The maximum absolute atomic E-state index is 8.81. The average molecular weight is 216 g/mol. The molecule has 0 radical (unpaired) electrons. The molecule has 0 fully saturated rings. The Balaban J connectivity index is 3.99. The van der Waals surface area contributed by atoms with Crippen molar-refractivity contribution in [3.8, 4) is 0 Å². The molecule has 1 atom stereocenters. The van der Waals surface area contributed by atoms with Crippen LogP contribution in [0.5, 0.6) is 0 Å². The van der Waals surface area contributed by atoms with Gasteiger partial charge < -0.3 is 15.7 Å². The molecule has 3 nitrogen and oxygen atoms in total. The molecule has 0 heterocycles. The van der Waals surface area contributed by atoms with Crippen LogP contribution in [-0.2, 0) is 0 Å². The predicted molar refractivity (Wildman–Crippen MR) is 65.8 cm³/mol. The van der Waals surface area contributed by atoms with Crippen molar-refractivity contribution in [2.75, 3.05) is 26.2 Å². The normalized spacial score (nSPS) is 14.2. The molecule has 0 aliphatic heterocycles. The van der Waals surface area contributed by atoms with E-state index in [0.717, 1.165) is 19.6 Å². The number of nitrogens with zero attached hydrogens (tertiary/aromatic N) is 1. The molecule has 3 N–H and O–H groups in total. The van der Waals surface area contributed by atoms with Crippen molar-refractivity contribution in [3.05, 3.63) is 0 Å². The highest BCUT2D eigenvalue weighted by Crippen LogP contribution is 2.05. The highest BCUT2D eigenvalue weighted by molar-refractivity contribution is 4.70. The fourth-order valence-electron chi connectivity index (χ4n) is 1.85. The highest BCUT2D eigenvalue weighted by Gasteiger charge is 2.12. The smallest absolute Gasteiger partial charge is 0.0446 e. The van der Waals surface area contributed by atoms with Crippen molar-refractivity contribution >= 4 is 0 Å². The van der Waals surface area contributed by atoms with Gasteiger partial charge in [0, 0.05) is 32.3 Å². The summed E-state index contributed by atoms with van der Waals surface area (Å²) in [5, 5.41) is 8.81. The molecule has 0 bridgehead atoms. The van der Waals surface area contributed by atoms with E-state index in [0.29, 0.717) is 18.3 Å². The molecule has 0 aromatic rings. The van der Waals surface area contributed by atoms with Crippen LogP contribution in [0.25, 0.3) is 0 Å². The Bertz CT molecular complexity index is 139. The lowest BCUT2D eigenvalue weighted by molar-refractivity contribution is 0.192. The van der Waals surface area contributed by atoms with Crippen LogP contribution in [0.2, 0.25) is 0 Å². The Labute approximate surface area is 94.6 Å². The molecule has 0 saturated heterocycles. The molecule has 0 aliphatic carbocycles. The van der Waals surface area contributed by atoms with Crippen molar-refractivity contribution in [3.63, 3.8) is 0 Å². The average Bonchev–Trinajstić information content (AvgIpc) is 2.00. The van der Waals surface area contributed by atoms with Gasteiger partial charge >= 0.3 is 0 Å². The van der Waals surface area contributed by atoms with Crippen molar-refractivity contribution < 1.29 is 5.11 Å². The van der Waals surface area contributed by atoms with Gasteiger partial charge in [-0.25, -0.2) is 0 Å². The SMILES string of the molecule is CC(C)CN(CC(C)C)CC(N)CCO. The number of aliphatic hydroxyl groups excluding tert-OH is 1. The van der Waals surface area contributed by atoms with E-state index in [2.05, 4.69) is 32.6 Å². The monoisotopic (exact) mass is 216 g/mol. The van der Waals surface area contributed by atoms with Gasteiger partial charge in [0.25, 0.3) is 0 Å². The van der Waals surface area contributed by atoms with Gasteiger partial charge in [-0.2, -0.15) is 0 Å². The van der Waals surface area contributed by atoms with Gasteiger partial charge in [-0.1, -0.05) is 27.7 Å². The summed E-state index contributed by atoms with van der Waals surface area (Å²) in [4.78, 5) is 2.41. The molecular weight excluding hydrogens is 188 g/mol. The minimum atomic E-state index is 0.104. The van der Waals surface area contributed by atoms with Gasteiger partial charge in [-0.05, 0) is 18.3 Å². The van der Waals surface area contributed by atoms with E-state index >= 15 is 0 Å². The van der Waals surface area contributed by atoms with E-state index in [1.165, 1.54) is 0 Å². The molecule has 0 aromatic carbocycles. The molecule has 92 valence electrons. The largest absolute Gasteiger partial charge is 0.396 e. The van der Waals surface area contributed by atoms with Crippen molar-refractivity contribution in [1.82, 2.24) is 4.90 Å². The summed E-state index contributed by atoms with van der Waals surface area (Å²) in [6, 6.07) is 0.104. The van der Waals surface area contributed by atoms with Crippen LogP contribution in [-0.4, -0.2) is 42.3 Å². The van der Waals surface area contributed by atoms with E-state index in [9.17, 15) is 0 Å². The third-order valence-electron chi connectivity index (χ3n) is 2.24. The van der Waals surface area contributed by atoms with Gasteiger partial charge in [-0.15, -0.1) is 0 Å². The highest BCUT2D eigenvalue weighted by atomic mass is 16.3. The molecule has 0 amide bonds. The van der Waals surface area contributed by atoms with Gasteiger partial charge in [0.05, 0.1) is 0 Å².